The lowest BCUT2D eigenvalue weighted by atomic mass is 10.1. The van der Waals surface area contributed by atoms with E-state index in [9.17, 15) is 19.3 Å². The minimum absolute atomic E-state index is 0.0452. The summed E-state index contributed by atoms with van der Waals surface area (Å²) in [6.07, 6.45) is 1.79. The van der Waals surface area contributed by atoms with Crippen molar-refractivity contribution in [3.05, 3.63) is 45.8 Å². The van der Waals surface area contributed by atoms with Gasteiger partial charge in [0.2, 0.25) is 0 Å². The van der Waals surface area contributed by atoms with Gasteiger partial charge in [0.25, 0.3) is 5.69 Å². The predicted molar refractivity (Wildman–Crippen MR) is 49.7 cm³/mol. The summed E-state index contributed by atoms with van der Waals surface area (Å²) in [7, 11) is 0. The average Bonchev–Trinajstić information content (AvgIpc) is 2.15. The summed E-state index contributed by atoms with van der Waals surface area (Å²) in [4.78, 5) is 19.9. The van der Waals surface area contributed by atoms with Crippen LogP contribution in [0.3, 0.4) is 0 Å². The van der Waals surface area contributed by atoms with Gasteiger partial charge < -0.3 is 5.11 Å². The predicted octanol–water partition coefficient (Wildman–Crippen LogP) is 1.83. The normalized spacial score (nSPS) is 10.5. The minimum atomic E-state index is -1.23. The molecule has 15 heavy (non-hydrogen) atoms. The first-order valence-electron chi connectivity index (χ1n) is 3.85. The molecule has 0 aliphatic rings. The van der Waals surface area contributed by atoms with Crippen LogP contribution in [0.5, 0.6) is 0 Å². The second-order valence-electron chi connectivity index (χ2n) is 2.63. The molecule has 0 unspecified atom stereocenters. The Labute approximate surface area is 83.6 Å². The first-order chi connectivity index (χ1) is 7.00. The van der Waals surface area contributed by atoms with Crippen molar-refractivity contribution in [3.8, 4) is 0 Å². The van der Waals surface area contributed by atoms with Crippen molar-refractivity contribution in [2.75, 3.05) is 0 Å². The fourth-order valence-corrected chi connectivity index (χ4v) is 0.977. The van der Waals surface area contributed by atoms with Gasteiger partial charge in [-0.05, 0) is 18.2 Å². The summed E-state index contributed by atoms with van der Waals surface area (Å²) in [5.74, 6) is -1.97. The van der Waals surface area contributed by atoms with E-state index < -0.39 is 22.4 Å². The smallest absolute Gasteiger partial charge is 0.328 e. The Bertz CT molecular complexity index is 442. The van der Waals surface area contributed by atoms with E-state index in [1.54, 1.807) is 0 Å². The highest BCUT2D eigenvalue weighted by Crippen LogP contribution is 2.20. The van der Waals surface area contributed by atoms with Crippen LogP contribution in [0.25, 0.3) is 6.08 Å². The van der Waals surface area contributed by atoms with Gasteiger partial charge in [0.05, 0.1) is 16.6 Å². The summed E-state index contributed by atoms with van der Waals surface area (Å²) in [5.41, 5.74) is -0.420. The number of rotatable bonds is 3. The highest BCUT2D eigenvalue weighted by molar-refractivity contribution is 5.86. The zero-order chi connectivity index (χ0) is 11.4. The molecular formula is C9H6FNO4. The van der Waals surface area contributed by atoms with Crippen LogP contribution >= 0.6 is 0 Å². The first kappa shape index (κ1) is 10.8. The van der Waals surface area contributed by atoms with Crippen molar-refractivity contribution < 1.29 is 19.2 Å². The number of nitrogens with zero attached hydrogens (tertiary/aromatic N) is 1. The molecule has 0 heterocycles. The van der Waals surface area contributed by atoms with E-state index in [1.807, 2.05) is 0 Å². The first-order valence-corrected chi connectivity index (χ1v) is 3.85. The van der Waals surface area contributed by atoms with Crippen molar-refractivity contribution in [1.29, 1.82) is 0 Å². The summed E-state index contributed by atoms with van der Waals surface area (Å²) in [6, 6.07) is 2.91. The Morgan fingerprint density at radius 1 is 1.53 bits per heavy atom. The fourth-order valence-electron chi connectivity index (χ4n) is 0.977. The zero-order valence-corrected chi connectivity index (χ0v) is 7.38. The van der Waals surface area contributed by atoms with E-state index in [0.717, 1.165) is 30.4 Å². The van der Waals surface area contributed by atoms with Crippen molar-refractivity contribution in [3.63, 3.8) is 0 Å². The van der Waals surface area contributed by atoms with E-state index in [2.05, 4.69) is 0 Å². The van der Waals surface area contributed by atoms with Gasteiger partial charge in [-0.25, -0.2) is 9.18 Å². The Balaban J connectivity index is 3.17. The van der Waals surface area contributed by atoms with Crippen LogP contribution in [0.2, 0.25) is 0 Å². The number of hydrogen-bond acceptors (Lipinski definition) is 3. The quantitative estimate of drug-likeness (QED) is 0.469. The van der Waals surface area contributed by atoms with Crippen molar-refractivity contribution in [2.24, 2.45) is 0 Å². The molecule has 0 saturated carbocycles. The van der Waals surface area contributed by atoms with E-state index >= 15 is 0 Å². The Hall–Kier alpha value is -2.24. The van der Waals surface area contributed by atoms with Crippen molar-refractivity contribution >= 4 is 17.7 Å². The van der Waals surface area contributed by atoms with Crippen LogP contribution in [-0.4, -0.2) is 16.0 Å². The maximum absolute atomic E-state index is 12.7. The second-order valence-corrected chi connectivity index (χ2v) is 2.63. The third-order valence-corrected chi connectivity index (χ3v) is 1.59. The molecule has 0 aliphatic heterocycles. The molecule has 0 aromatic heterocycles. The topological polar surface area (TPSA) is 80.4 Å². The number of aliphatic carboxylic acids is 1. The largest absolute Gasteiger partial charge is 0.478 e. The molecular weight excluding hydrogens is 205 g/mol. The van der Waals surface area contributed by atoms with Gasteiger partial charge in [0.15, 0.2) is 0 Å². The van der Waals surface area contributed by atoms with Crippen LogP contribution in [-0.2, 0) is 4.79 Å². The van der Waals surface area contributed by atoms with Gasteiger partial charge in [-0.1, -0.05) is 0 Å². The van der Waals surface area contributed by atoms with E-state index in [0.29, 0.717) is 0 Å². The highest BCUT2D eigenvalue weighted by atomic mass is 19.1. The number of hydrogen-bond donors (Lipinski definition) is 1. The van der Waals surface area contributed by atoms with Crippen LogP contribution < -0.4 is 0 Å². The lowest BCUT2D eigenvalue weighted by Crippen LogP contribution is -1.93. The Morgan fingerprint density at radius 3 is 2.73 bits per heavy atom. The van der Waals surface area contributed by atoms with Crippen LogP contribution in [0, 0.1) is 15.9 Å². The van der Waals surface area contributed by atoms with Gasteiger partial charge in [-0.2, -0.15) is 0 Å². The Kier molecular flexibility index (Phi) is 3.12. The third-order valence-electron chi connectivity index (χ3n) is 1.59. The standard InChI is InChI=1S/C9H6FNO4/c10-7-3-1-6(2-4-9(12)13)8(5-7)11(14)15/h1-5H,(H,12,13). The molecule has 1 rings (SSSR count). The van der Waals surface area contributed by atoms with Crippen molar-refractivity contribution in [2.45, 2.75) is 0 Å². The minimum Gasteiger partial charge on any atom is -0.478 e. The summed E-state index contributed by atoms with van der Waals surface area (Å²) >= 11 is 0. The lowest BCUT2D eigenvalue weighted by Gasteiger charge is -1.96. The number of nitro groups is 1. The lowest BCUT2D eigenvalue weighted by molar-refractivity contribution is -0.385. The molecule has 0 atom stereocenters. The average molecular weight is 211 g/mol. The van der Waals surface area contributed by atoms with E-state index in [-0.39, 0.29) is 5.56 Å². The number of nitro benzene ring substituents is 1. The highest BCUT2D eigenvalue weighted by Gasteiger charge is 2.12. The SMILES string of the molecule is O=C(O)C=Cc1ccc(F)cc1[N+](=O)[O-]. The molecule has 5 nitrogen and oxygen atoms in total. The van der Waals surface area contributed by atoms with Gasteiger partial charge in [0, 0.05) is 6.08 Å². The molecule has 1 aromatic carbocycles. The van der Waals surface area contributed by atoms with Crippen LogP contribution in [0.1, 0.15) is 5.56 Å². The molecule has 0 amide bonds. The maximum atomic E-state index is 12.7. The molecule has 0 bridgehead atoms. The third kappa shape index (κ3) is 2.87. The summed E-state index contributed by atoms with van der Waals surface area (Å²) < 4.78 is 12.7. The molecule has 0 saturated heterocycles. The monoisotopic (exact) mass is 211 g/mol. The van der Waals surface area contributed by atoms with Crippen LogP contribution in [0.4, 0.5) is 10.1 Å². The van der Waals surface area contributed by atoms with E-state index in [1.165, 1.54) is 0 Å². The molecule has 1 aromatic rings. The Morgan fingerprint density at radius 2 is 2.20 bits per heavy atom. The molecule has 0 aliphatic carbocycles. The van der Waals surface area contributed by atoms with Gasteiger partial charge in [-0.3, -0.25) is 10.1 Å². The van der Waals surface area contributed by atoms with Crippen molar-refractivity contribution in [1.82, 2.24) is 0 Å². The van der Waals surface area contributed by atoms with E-state index in [4.69, 9.17) is 5.11 Å². The number of carboxylic acids is 1. The summed E-state index contributed by atoms with van der Waals surface area (Å²) in [6.45, 7) is 0. The molecule has 1 N–H and O–H groups in total. The number of benzene rings is 1. The maximum Gasteiger partial charge on any atom is 0.328 e. The number of carboxylic acid groups (broad SMARTS) is 1. The molecule has 0 radical (unpaired) electrons. The molecule has 78 valence electrons. The number of carbonyl (C=O) groups is 1. The summed E-state index contributed by atoms with van der Waals surface area (Å²) in [5, 5.41) is 18.8. The molecule has 6 heteroatoms. The molecule has 0 fully saturated rings. The fraction of sp³-hybridized carbons (Fsp3) is 0. The van der Waals surface area contributed by atoms with Gasteiger partial charge in [0.1, 0.15) is 5.82 Å². The number of halogens is 1. The molecule has 0 spiro atoms. The van der Waals surface area contributed by atoms with Crippen LogP contribution in [0.15, 0.2) is 24.3 Å². The van der Waals surface area contributed by atoms with Gasteiger partial charge >= 0.3 is 5.97 Å². The van der Waals surface area contributed by atoms with Gasteiger partial charge in [-0.15, -0.1) is 0 Å². The zero-order valence-electron chi connectivity index (χ0n) is 7.38. The second kappa shape index (κ2) is 4.32.